The van der Waals surface area contributed by atoms with Crippen LogP contribution in [0.2, 0.25) is 0 Å². The van der Waals surface area contributed by atoms with Crippen LogP contribution in [0.25, 0.3) is 0 Å². The second kappa shape index (κ2) is 7.02. The molecule has 1 aromatic rings. The second-order valence-corrected chi connectivity index (χ2v) is 3.94. The van der Waals surface area contributed by atoms with Crippen LogP contribution in [0.5, 0.6) is 0 Å². The van der Waals surface area contributed by atoms with E-state index in [2.05, 4.69) is 9.97 Å². The van der Waals surface area contributed by atoms with Gasteiger partial charge in [-0.25, -0.2) is 9.97 Å². The Morgan fingerprint density at radius 2 is 1.55 bits per heavy atom. The van der Waals surface area contributed by atoms with E-state index in [1.165, 1.54) is 17.3 Å². The zero-order chi connectivity index (χ0) is 15.1. The summed E-state index contributed by atoms with van der Waals surface area (Å²) in [4.78, 5) is 43.1. The molecule has 1 amide bonds. The number of aromatic nitrogens is 2. The van der Waals surface area contributed by atoms with Crippen LogP contribution in [-0.2, 0) is 14.4 Å². The molecule has 0 spiro atoms. The lowest BCUT2D eigenvalue weighted by Crippen LogP contribution is -2.44. The molecule has 0 aliphatic rings. The lowest BCUT2D eigenvalue weighted by Gasteiger charge is -2.22. The monoisotopic (exact) mass is 282 g/mol. The molecular formula is C11H14N4O5. The topological polar surface area (TPSA) is 124 Å². The molecule has 0 saturated carbocycles. The van der Waals surface area contributed by atoms with Crippen molar-refractivity contribution in [1.29, 1.82) is 0 Å². The summed E-state index contributed by atoms with van der Waals surface area (Å²) in [6.45, 7) is -1.56. The van der Waals surface area contributed by atoms with Crippen LogP contribution in [0.15, 0.2) is 18.5 Å². The molecule has 2 N–H and O–H groups in total. The minimum atomic E-state index is -1.28. The van der Waals surface area contributed by atoms with Gasteiger partial charge in [-0.05, 0) is 6.07 Å². The Balaban J connectivity index is 2.70. The normalized spacial score (nSPS) is 9.85. The highest BCUT2D eigenvalue weighted by molar-refractivity contribution is 5.87. The van der Waals surface area contributed by atoms with Crippen LogP contribution in [0.3, 0.4) is 0 Å². The first-order valence-electron chi connectivity index (χ1n) is 5.59. The quantitative estimate of drug-likeness (QED) is 0.646. The number of carboxylic acid groups (broad SMARTS) is 2. The molecule has 0 aliphatic carbocycles. The van der Waals surface area contributed by atoms with E-state index in [-0.39, 0.29) is 12.5 Å². The van der Waals surface area contributed by atoms with Crippen molar-refractivity contribution in [2.24, 2.45) is 0 Å². The van der Waals surface area contributed by atoms with Gasteiger partial charge in [0.2, 0.25) is 11.9 Å². The number of rotatable bonds is 7. The lowest BCUT2D eigenvalue weighted by molar-refractivity contribution is -0.148. The summed E-state index contributed by atoms with van der Waals surface area (Å²) in [6.07, 6.45) is 2.99. The molecule has 1 heterocycles. The molecule has 0 fully saturated rings. The summed E-state index contributed by atoms with van der Waals surface area (Å²) in [6, 6.07) is 1.61. The van der Waals surface area contributed by atoms with Gasteiger partial charge < -0.3 is 20.0 Å². The Kier molecular flexibility index (Phi) is 5.39. The number of carbonyl (C=O) groups excluding carboxylic acids is 1. The Hall–Kier alpha value is -2.71. The largest absolute Gasteiger partial charge is 0.480 e. The van der Waals surface area contributed by atoms with Gasteiger partial charge >= 0.3 is 11.9 Å². The van der Waals surface area contributed by atoms with Gasteiger partial charge in [-0.2, -0.15) is 0 Å². The van der Waals surface area contributed by atoms with Gasteiger partial charge in [-0.15, -0.1) is 0 Å². The first-order chi connectivity index (χ1) is 9.40. The van der Waals surface area contributed by atoms with Crippen LogP contribution >= 0.6 is 0 Å². The molecule has 0 saturated heterocycles. The van der Waals surface area contributed by atoms with Crippen molar-refractivity contribution in [3.63, 3.8) is 0 Å². The van der Waals surface area contributed by atoms with Gasteiger partial charge in [0.25, 0.3) is 0 Å². The van der Waals surface area contributed by atoms with E-state index in [0.717, 1.165) is 4.90 Å². The SMILES string of the molecule is CN(CC(=O)N(CC(=O)O)CC(=O)O)c1ncccn1. The highest BCUT2D eigenvalue weighted by atomic mass is 16.4. The standard InChI is InChI=1S/C11H14N4O5/c1-14(11-12-3-2-4-13-11)5-8(16)15(6-9(17)18)7-10(19)20/h2-4H,5-7H2,1H3,(H,17,18)(H,19,20). The summed E-state index contributed by atoms with van der Waals surface area (Å²) >= 11 is 0. The van der Waals surface area contributed by atoms with E-state index in [0.29, 0.717) is 0 Å². The molecule has 0 aliphatic heterocycles. The smallest absolute Gasteiger partial charge is 0.323 e. The summed E-state index contributed by atoms with van der Waals surface area (Å²) in [5.74, 6) is -2.91. The Bertz CT molecular complexity index is 477. The van der Waals surface area contributed by atoms with Crippen LogP contribution in [-0.4, -0.2) is 69.6 Å². The first-order valence-corrected chi connectivity index (χ1v) is 5.59. The average Bonchev–Trinajstić information content (AvgIpc) is 2.37. The molecule has 108 valence electrons. The van der Waals surface area contributed by atoms with Gasteiger partial charge in [0.15, 0.2) is 0 Å². The molecule has 1 rings (SSSR count). The van der Waals surface area contributed by atoms with E-state index in [4.69, 9.17) is 10.2 Å². The molecular weight excluding hydrogens is 268 g/mol. The summed E-state index contributed by atoms with van der Waals surface area (Å²) in [5.41, 5.74) is 0. The van der Waals surface area contributed by atoms with Gasteiger partial charge in [-0.3, -0.25) is 14.4 Å². The fraction of sp³-hybridized carbons (Fsp3) is 0.364. The highest BCUT2D eigenvalue weighted by Gasteiger charge is 2.21. The highest BCUT2D eigenvalue weighted by Crippen LogP contribution is 2.02. The molecule has 0 bridgehead atoms. The molecule has 20 heavy (non-hydrogen) atoms. The molecule has 9 nitrogen and oxygen atoms in total. The number of hydrogen-bond acceptors (Lipinski definition) is 6. The Morgan fingerprint density at radius 1 is 1.05 bits per heavy atom. The minimum absolute atomic E-state index is 0.218. The first kappa shape index (κ1) is 15.3. The number of nitrogens with zero attached hydrogens (tertiary/aromatic N) is 4. The molecule has 0 aromatic carbocycles. The summed E-state index contributed by atoms with van der Waals surface area (Å²) in [7, 11) is 1.55. The van der Waals surface area contributed by atoms with E-state index in [1.54, 1.807) is 13.1 Å². The number of hydrogen-bond donors (Lipinski definition) is 2. The van der Waals surface area contributed by atoms with Crippen molar-refractivity contribution < 1.29 is 24.6 Å². The van der Waals surface area contributed by atoms with Gasteiger partial charge in [-0.1, -0.05) is 0 Å². The Labute approximate surface area is 114 Å². The van der Waals surface area contributed by atoms with Gasteiger partial charge in [0, 0.05) is 19.4 Å². The third kappa shape index (κ3) is 4.88. The molecule has 0 radical (unpaired) electrons. The maximum absolute atomic E-state index is 11.9. The van der Waals surface area contributed by atoms with Crippen molar-refractivity contribution in [2.45, 2.75) is 0 Å². The van der Waals surface area contributed by atoms with E-state index in [9.17, 15) is 14.4 Å². The van der Waals surface area contributed by atoms with Crippen LogP contribution < -0.4 is 4.90 Å². The van der Waals surface area contributed by atoms with Gasteiger partial charge in [0.1, 0.15) is 13.1 Å². The lowest BCUT2D eigenvalue weighted by atomic mass is 10.4. The van der Waals surface area contributed by atoms with Crippen LogP contribution in [0, 0.1) is 0 Å². The predicted molar refractivity (Wildman–Crippen MR) is 67.2 cm³/mol. The van der Waals surface area contributed by atoms with E-state index >= 15 is 0 Å². The predicted octanol–water partition coefficient (Wildman–Crippen LogP) is -1.09. The summed E-state index contributed by atoms with van der Waals surface area (Å²) in [5, 5.41) is 17.3. The molecule has 0 atom stereocenters. The van der Waals surface area contributed by atoms with Crippen molar-refractivity contribution in [2.75, 3.05) is 31.6 Å². The third-order valence-electron chi connectivity index (χ3n) is 2.27. The number of carbonyl (C=O) groups is 3. The fourth-order valence-corrected chi connectivity index (χ4v) is 1.42. The molecule has 9 heteroatoms. The number of amides is 1. The van der Waals surface area contributed by atoms with Crippen molar-refractivity contribution in [3.05, 3.63) is 18.5 Å². The van der Waals surface area contributed by atoms with Gasteiger partial charge in [0.05, 0.1) is 6.54 Å². The van der Waals surface area contributed by atoms with E-state index in [1.807, 2.05) is 0 Å². The zero-order valence-electron chi connectivity index (χ0n) is 10.8. The van der Waals surface area contributed by atoms with Crippen molar-refractivity contribution in [3.8, 4) is 0 Å². The number of carboxylic acids is 2. The van der Waals surface area contributed by atoms with Crippen molar-refractivity contribution >= 4 is 23.8 Å². The van der Waals surface area contributed by atoms with Crippen molar-refractivity contribution in [1.82, 2.24) is 14.9 Å². The maximum Gasteiger partial charge on any atom is 0.323 e. The minimum Gasteiger partial charge on any atom is -0.480 e. The summed E-state index contributed by atoms with van der Waals surface area (Å²) < 4.78 is 0. The maximum atomic E-state index is 11.9. The third-order valence-corrected chi connectivity index (χ3v) is 2.27. The fourth-order valence-electron chi connectivity index (χ4n) is 1.42. The second-order valence-electron chi connectivity index (χ2n) is 3.94. The Morgan fingerprint density at radius 3 is 2.00 bits per heavy atom. The number of likely N-dealkylation sites (N-methyl/N-ethyl adjacent to an activating group) is 1. The van der Waals surface area contributed by atoms with Crippen LogP contribution in [0.4, 0.5) is 5.95 Å². The number of aliphatic carboxylic acids is 2. The molecule has 0 unspecified atom stereocenters. The van der Waals surface area contributed by atoms with E-state index < -0.39 is 30.9 Å². The molecule has 1 aromatic heterocycles. The zero-order valence-corrected chi connectivity index (χ0v) is 10.8. The average molecular weight is 282 g/mol. The van der Waals surface area contributed by atoms with Crippen LogP contribution in [0.1, 0.15) is 0 Å². The number of anilines is 1.